The van der Waals surface area contributed by atoms with Gasteiger partial charge < -0.3 is 34.2 Å². The highest BCUT2D eigenvalue weighted by molar-refractivity contribution is 5.69. The SMILES string of the molecule is C[C@@H]1CC(C(O)C(C)(C)O)OC2C1C1(C)CCC34CC35CCC(OC(=O)N3CCC3)C(C)(C)[C@@H]5CCC4[C@]1(C)[C@H]2OC(=O)N1CCC1. The van der Waals surface area contributed by atoms with Crippen molar-refractivity contribution in [1.29, 1.82) is 0 Å². The fourth-order valence-electron chi connectivity index (χ4n) is 13.7. The molecular formula is C38H60N2O7. The van der Waals surface area contributed by atoms with Crippen LogP contribution >= 0.6 is 0 Å². The molecule has 8 rings (SSSR count). The molecule has 3 saturated heterocycles. The lowest BCUT2D eigenvalue weighted by Gasteiger charge is -2.63. The van der Waals surface area contributed by atoms with Crippen molar-refractivity contribution < 1.29 is 34.0 Å². The van der Waals surface area contributed by atoms with Crippen LogP contribution in [0.15, 0.2) is 0 Å². The molecule has 9 heteroatoms. The molecule has 2 spiro atoms. The summed E-state index contributed by atoms with van der Waals surface area (Å²) in [6.45, 7) is 18.3. The molecule has 9 unspecified atom stereocenters. The standard InChI is InChI=1S/C38H60N2O7/c1-22-20-23(29(41)34(4,5)44)45-28-27(22)35(6)14-15-38-21-37(38)13-12-26(46-31(42)39-16-8-17-39)33(2,3)24(37)10-11-25(38)36(35,7)30(28)47-32(43)40-18-9-19-40/h22-30,41,44H,8-21H2,1-7H3/t22-,23?,24+,25?,26?,27?,28?,29?,30+,35?,36-,37?,38?/m1/s1. The predicted molar refractivity (Wildman–Crippen MR) is 175 cm³/mol. The molecule has 8 fully saturated rings. The van der Waals surface area contributed by atoms with Gasteiger partial charge in [0.2, 0.25) is 0 Å². The first-order valence-electron chi connectivity index (χ1n) is 19.0. The monoisotopic (exact) mass is 656 g/mol. The number of carbonyl (C=O) groups is 2. The Kier molecular flexibility index (Phi) is 7.11. The van der Waals surface area contributed by atoms with Gasteiger partial charge in [-0.15, -0.1) is 0 Å². The van der Waals surface area contributed by atoms with Crippen LogP contribution in [0.2, 0.25) is 0 Å². The Bertz CT molecular complexity index is 1310. The molecule has 5 saturated carbocycles. The van der Waals surface area contributed by atoms with E-state index in [0.29, 0.717) is 18.3 Å². The van der Waals surface area contributed by atoms with Crippen LogP contribution in [0.25, 0.3) is 0 Å². The maximum Gasteiger partial charge on any atom is 0.410 e. The van der Waals surface area contributed by atoms with Crippen LogP contribution in [0.4, 0.5) is 9.59 Å². The van der Waals surface area contributed by atoms with Crippen molar-refractivity contribution in [3.63, 3.8) is 0 Å². The van der Waals surface area contributed by atoms with Gasteiger partial charge in [0, 0.05) is 37.0 Å². The molecule has 3 aliphatic heterocycles. The van der Waals surface area contributed by atoms with E-state index in [4.69, 9.17) is 14.2 Å². The average Bonchev–Trinajstić information content (AvgIpc) is 3.55. The number of amides is 2. The molecule has 3 heterocycles. The van der Waals surface area contributed by atoms with Crippen molar-refractivity contribution in [2.45, 2.75) is 149 Å². The maximum absolute atomic E-state index is 13.7. The number of aliphatic hydroxyl groups is 2. The highest BCUT2D eigenvalue weighted by Crippen LogP contribution is 2.89. The second-order valence-electron chi connectivity index (χ2n) is 19.1. The molecule has 2 N–H and O–H groups in total. The summed E-state index contributed by atoms with van der Waals surface area (Å²) in [4.78, 5) is 30.3. The second-order valence-corrected chi connectivity index (χ2v) is 19.1. The van der Waals surface area contributed by atoms with E-state index in [1.54, 1.807) is 13.8 Å². The molecule has 5 aliphatic carbocycles. The molecule has 13 atom stereocenters. The van der Waals surface area contributed by atoms with E-state index >= 15 is 0 Å². The molecular weight excluding hydrogens is 596 g/mol. The number of ether oxygens (including phenoxy) is 3. The van der Waals surface area contributed by atoms with Crippen LogP contribution in [0.1, 0.15) is 113 Å². The lowest BCUT2D eigenvalue weighted by molar-refractivity contribution is -0.203. The second kappa shape index (κ2) is 10.2. The highest BCUT2D eigenvalue weighted by Gasteiger charge is 2.85. The number of carbonyl (C=O) groups excluding carboxylic acids is 2. The predicted octanol–water partition coefficient (Wildman–Crippen LogP) is 5.99. The van der Waals surface area contributed by atoms with Crippen LogP contribution in [0.3, 0.4) is 0 Å². The summed E-state index contributed by atoms with van der Waals surface area (Å²) in [6, 6.07) is 0. The fourth-order valence-corrected chi connectivity index (χ4v) is 13.7. The van der Waals surface area contributed by atoms with Crippen LogP contribution in [-0.4, -0.2) is 94.5 Å². The molecule has 47 heavy (non-hydrogen) atoms. The van der Waals surface area contributed by atoms with Crippen LogP contribution in [-0.2, 0) is 14.2 Å². The summed E-state index contributed by atoms with van der Waals surface area (Å²) in [7, 11) is 0. The fraction of sp³-hybridized carbons (Fsp3) is 0.947. The van der Waals surface area contributed by atoms with E-state index < -0.39 is 23.9 Å². The van der Waals surface area contributed by atoms with Crippen LogP contribution < -0.4 is 0 Å². The maximum atomic E-state index is 13.7. The first-order valence-corrected chi connectivity index (χ1v) is 19.0. The highest BCUT2D eigenvalue weighted by atomic mass is 16.6. The molecule has 0 aromatic heterocycles. The molecule has 2 amide bonds. The number of hydrogen-bond donors (Lipinski definition) is 2. The summed E-state index contributed by atoms with van der Waals surface area (Å²) in [5, 5.41) is 22.0. The number of aliphatic hydroxyl groups excluding tert-OH is 1. The third-order valence-corrected chi connectivity index (χ3v) is 16.5. The van der Waals surface area contributed by atoms with Crippen molar-refractivity contribution in [3.8, 4) is 0 Å². The lowest BCUT2D eigenvalue weighted by atomic mass is 9.41. The van der Waals surface area contributed by atoms with Crippen LogP contribution in [0, 0.1) is 50.7 Å². The Labute approximate surface area is 281 Å². The molecule has 0 aromatic rings. The number of likely N-dealkylation sites (tertiary alicyclic amines) is 2. The minimum atomic E-state index is -1.29. The van der Waals surface area contributed by atoms with Crippen molar-refractivity contribution >= 4 is 12.2 Å². The van der Waals surface area contributed by atoms with Gasteiger partial charge in [0.1, 0.15) is 18.3 Å². The Morgan fingerprint density at radius 2 is 1.47 bits per heavy atom. The zero-order chi connectivity index (χ0) is 33.5. The minimum Gasteiger partial charge on any atom is -0.446 e. The van der Waals surface area contributed by atoms with Crippen molar-refractivity contribution in [2.24, 2.45) is 50.7 Å². The number of hydrogen-bond acceptors (Lipinski definition) is 7. The quantitative estimate of drug-likeness (QED) is 0.383. The third kappa shape index (κ3) is 4.17. The van der Waals surface area contributed by atoms with Crippen molar-refractivity contribution in [3.05, 3.63) is 0 Å². The number of fused-ring (bicyclic) bond motifs is 4. The molecule has 264 valence electrons. The summed E-state index contributed by atoms with van der Waals surface area (Å²) in [6.07, 6.45) is 7.73. The number of nitrogens with zero attached hydrogens (tertiary/aromatic N) is 2. The van der Waals surface area contributed by atoms with Crippen molar-refractivity contribution in [1.82, 2.24) is 9.80 Å². The van der Waals surface area contributed by atoms with E-state index in [1.165, 1.54) is 12.8 Å². The van der Waals surface area contributed by atoms with Gasteiger partial charge >= 0.3 is 12.2 Å². The van der Waals surface area contributed by atoms with Crippen molar-refractivity contribution in [2.75, 3.05) is 26.2 Å². The summed E-state index contributed by atoms with van der Waals surface area (Å²) in [5.74, 6) is 1.34. The first kappa shape index (κ1) is 32.6. The normalized spacial score (nSPS) is 49.9. The van der Waals surface area contributed by atoms with Gasteiger partial charge in [0.15, 0.2) is 0 Å². The molecule has 9 nitrogen and oxygen atoms in total. The van der Waals surface area contributed by atoms with Gasteiger partial charge in [0.05, 0.1) is 17.8 Å². The summed E-state index contributed by atoms with van der Waals surface area (Å²) >= 11 is 0. The smallest absolute Gasteiger partial charge is 0.410 e. The Morgan fingerprint density at radius 1 is 0.872 bits per heavy atom. The average molecular weight is 657 g/mol. The molecule has 8 aliphatic rings. The van der Waals surface area contributed by atoms with Gasteiger partial charge in [-0.05, 0) is 118 Å². The Balaban J connectivity index is 1.13. The van der Waals surface area contributed by atoms with Gasteiger partial charge in [-0.1, -0.05) is 34.6 Å². The van der Waals surface area contributed by atoms with Gasteiger partial charge in [0.25, 0.3) is 0 Å². The minimum absolute atomic E-state index is 0.0576. The van der Waals surface area contributed by atoms with E-state index in [2.05, 4.69) is 34.6 Å². The van der Waals surface area contributed by atoms with E-state index in [-0.39, 0.29) is 63.3 Å². The number of rotatable bonds is 4. The molecule has 0 bridgehead atoms. The molecule has 0 radical (unpaired) electrons. The van der Waals surface area contributed by atoms with Gasteiger partial charge in [-0.3, -0.25) is 0 Å². The van der Waals surface area contributed by atoms with Gasteiger partial charge in [-0.2, -0.15) is 0 Å². The Hall–Kier alpha value is -1.58. The van der Waals surface area contributed by atoms with Gasteiger partial charge in [-0.25, -0.2) is 9.59 Å². The van der Waals surface area contributed by atoms with E-state index in [9.17, 15) is 19.8 Å². The zero-order valence-electron chi connectivity index (χ0n) is 29.9. The topological polar surface area (TPSA) is 109 Å². The largest absolute Gasteiger partial charge is 0.446 e. The Morgan fingerprint density at radius 3 is 2.06 bits per heavy atom. The third-order valence-electron chi connectivity index (χ3n) is 16.5. The molecule has 0 aromatic carbocycles. The lowest BCUT2D eigenvalue weighted by Crippen LogP contribution is -2.61. The van der Waals surface area contributed by atoms with E-state index in [0.717, 1.165) is 71.1 Å². The zero-order valence-corrected chi connectivity index (χ0v) is 29.9. The first-order chi connectivity index (χ1) is 22.0. The summed E-state index contributed by atoms with van der Waals surface area (Å²) < 4.78 is 19.9. The van der Waals surface area contributed by atoms with Crippen LogP contribution in [0.5, 0.6) is 0 Å². The van der Waals surface area contributed by atoms with E-state index in [1.807, 2.05) is 9.80 Å². The summed E-state index contributed by atoms with van der Waals surface area (Å²) in [5.41, 5.74) is -1.34.